The zero-order chi connectivity index (χ0) is 33.1. The number of rotatable bonds is 4. The van der Waals surface area contributed by atoms with Crippen LogP contribution in [0.25, 0.3) is 56.2 Å². The number of nitrogens with zero attached hydrogens (tertiary/aromatic N) is 2. The van der Waals surface area contributed by atoms with Crippen molar-refractivity contribution < 1.29 is 4.74 Å². The standard InChI is InChI=1S/C47H30N2O/c1-3-13-32(14-4-1)42-30-43(33-15-5-2-6-16-33)49-46(48-42)34-25-23-31(24-26-34)35-27-28-39-37(29-35)36-17-7-8-18-38(36)47(39)40-19-9-11-21-44(40)50-45-22-12-10-20-41(45)47/h1-30H. The van der Waals surface area contributed by atoms with Crippen molar-refractivity contribution in [3.05, 3.63) is 204 Å². The van der Waals surface area contributed by atoms with E-state index in [4.69, 9.17) is 14.7 Å². The van der Waals surface area contributed by atoms with E-state index in [2.05, 4.69) is 146 Å². The number of hydrogen-bond acceptors (Lipinski definition) is 3. The highest BCUT2D eigenvalue weighted by Crippen LogP contribution is 2.62. The lowest BCUT2D eigenvalue weighted by Crippen LogP contribution is -2.32. The summed E-state index contributed by atoms with van der Waals surface area (Å²) in [6, 6.07) is 64.1. The van der Waals surface area contributed by atoms with Crippen LogP contribution in [-0.2, 0) is 5.41 Å². The Morgan fingerprint density at radius 2 is 0.820 bits per heavy atom. The summed E-state index contributed by atoms with van der Waals surface area (Å²) in [5.74, 6) is 2.52. The quantitative estimate of drug-likeness (QED) is 0.192. The van der Waals surface area contributed by atoms with Crippen LogP contribution in [0.1, 0.15) is 22.3 Å². The van der Waals surface area contributed by atoms with Gasteiger partial charge in [-0.3, -0.25) is 0 Å². The molecular weight excluding hydrogens is 609 g/mol. The number of benzene rings is 7. The van der Waals surface area contributed by atoms with Gasteiger partial charge < -0.3 is 4.74 Å². The van der Waals surface area contributed by atoms with E-state index in [1.54, 1.807) is 0 Å². The molecule has 3 nitrogen and oxygen atoms in total. The number of aromatic nitrogens is 2. The van der Waals surface area contributed by atoms with E-state index >= 15 is 0 Å². The van der Waals surface area contributed by atoms with Gasteiger partial charge in [0.15, 0.2) is 5.82 Å². The van der Waals surface area contributed by atoms with E-state index < -0.39 is 5.41 Å². The maximum atomic E-state index is 6.49. The summed E-state index contributed by atoms with van der Waals surface area (Å²) in [5.41, 5.74) is 14.2. The molecule has 1 aliphatic heterocycles. The van der Waals surface area contributed by atoms with Crippen LogP contribution >= 0.6 is 0 Å². The maximum Gasteiger partial charge on any atom is 0.160 e. The Morgan fingerprint density at radius 3 is 1.44 bits per heavy atom. The van der Waals surface area contributed by atoms with Gasteiger partial charge in [-0.2, -0.15) is 0 Å². The molecule has 50 heavy (non-hydrogen) atoms. The Labute approximate surface area is 291 Å². The van der Waals surface area contributed by atoms with Crippen LogP contribution in [0.3, 0.4) is 0 Å². The minimum atomic E-state index is -0.461. The molecule has 0 radical (unpaired) electrons. The summed E-state index contributed by atoms with van der Waals surface area (Å²) in [6.45, 7) is 0. The number of fused-ring (bicyclic) bond motifs is 9. The van der Waals surface area contributed by atoms with Crippen LogP contribution in [-0.4, -0.2) is 9.97 Å². The van der Waals surface area contributed by atoms with Crippen LogP contribution < -0.4 is 4.74 Å². The fraction of sp³-hybridized carbons (Fsp3) is 0.0213. The molecule has 0 atom stereocenters. The third kappa shape index (κ3) is 4.30. The Hall–Kier alpha value is -6.58. The average Bonchev–Trinajstić information content (AvgIpc) is 3.48. The van der Waals surface area contributed by atoms with Crippen LogP contribution in [0.2, 0.25) is 0 Å². The highest BCUT2D eigenvalue weighted by atomic mass is 16.5. The van der Waals surface area contributed by atoms with Crippen molar-refractivity contribution in [1.29, 1.82) is 0 Å². The van der Waals surface area contributed by atoms with Crippen LogP contribution in [0, 0.1) is 0 Å². The number of para-hydroxylation sites is 2. The summed E-state index contributed by atoms with van der Waals surface area (Å²) in [4.78, 5) is 10.1. The molecule has 0 N–H and O–H groups in total. The second-order valence-corrected chi connectivity index (χ2v) is 12.9. The summed E-state index contributed by atoms with van der Waals surface area (Å²) in [5, 5.41) is 0. The number of hydrogen-bond donors (Lipinski definition) is 0. The first-order valence-corrected chi connectivity index (χ1v) is 17.0. The van der Waals surface area contributed by atoms with Crippen molar-refractivity contribution in [3.8, 4) is 67.7 Å². The first-order valence-electron chi connectivity index (χ1n) is 17.0. The highest BCUT2D eigenvalue weighted by molar-refractivity contribution is 5.90. The minimum Gasteiger partial charge on any atom is -0.457 e. The van der Waals surface area contributed by atoms with Crippen molar-refractivity contribution in [2.45, 2.75) is 5.41 Å². The molecule has 2 heterocycles. The second kappa shape index (κ2) is 11.3. The van der Waals surface area contributed by atoms with Crippen LogP contribution in [0.4, 0.5) is 0 Å². The van der Waals surface area contributed by atoms with Gasteiger partial charge in [-0.15, -0.1) is 0 Å². The van der Waals surface area contributed by atoms with Gasteiger partial charge in [-0.05, 0) is 57.6 Å². The molecular formula is C47H30N2O. The van der Waals surface area contributed by atoms with Gasteiger partial charge in [0.25, 0.3) is 0 Å². The molecule has 7 aromatic carbocycles. The van der Waals surface area contributed by atoms with Gasteiger partial charge in [-0.1, -0.05) is 158 Å². The summed E-state index contributed by atoms with van der Waals surface area (Å²) in [6.07, 6.45) is 0. The predicted molar refractivity (Wildman–Crippen MR) is 201 cm³/mol. The molecule has 0 saturated carbocycles. The summed E-state index contributed by atoms with van der Waals surface area (Å²) < 4.78 is 6.49. The summed E-state index contributed by atoms with van der Waals surface area (Å²) >= 11 is 0. The van der Waals surface area contributed by atoms with Crippen molar-refractivity contribution in [1.82, 2.24) is 9.97 Å². The Balaban J connectivity index is 1.09. The maximum absolute atomic E-state index is 6.49. The molecule has 1 spiro atoms. The van der Waals surface area contributed by atoms with Crippen molar-refractivity contribution in [2.75, 3.05) is 0 Å². The molecule has 0 fully saturated rings. The Morgan fingerprint density at radius 1 is 0.340 bits per heavy atom. The zero-order valence-corrected chi connectivity index (χ0v) is 27.1. The molecule has 0 amide bonds. The van der Waals surface area contributed by atoms with Crippen LogP contribution in [0.15, 0.2) is 182 Å². The summed E-state index contributed by atoms with van der Waals surface area (Å²) in [7, 11) is 0. The number of ether oxygens (including phenoxy) is 1. The van der Waals surface area contributed by atoms with Crippen molar-refractivity contribution in [3.63, 3.8) is 0 Å². The van der Waals surface area contributed by atoms with Gasteiger partial charge in [0.2, 0.25) is 0 Å². The van der Waals surface area contributed by atoms with Gasteiger partial charge >= 0.3 is 0 Å². The predicted octanol–water partition coefficient (Wildman–Crippen LogP) is 11.6. The SMILES string of the molecule is c1ccc(-c2cc(-c3ccccc3)nc(-c3ccc(-c4ccc5c(c4)-c4ccccc4C54c5ccccc5Oc5ccccc54)cc3)n2)cc1. The molecule has 1 aromatic heterocycles. The smallest absolute Gasteiger partial charge is 0.160 e. The van der Waals surface area contributed by atoms with Gasteiger partial charge in [0.05, 0.1) is 16.8 Å². The van der Waals surface area contributed by atoms with E-state index in [0.29, 0.717) is 5.82 Å². The molecule has 0 unspecified atom stereocenters. The molecule has 0 bridgehead atoms. The molecule has 234 valence electrons. The normalized spacial score (nSPS) is 13.1. The lowest BCUT2D eigenvalue weighted by Gasteiger charge is -2.39. The lowest BCUT2D eigenvalue weighted by atomic mass is 9.66. The van der Waals surface area contributed by atoms with E-state index in [1.165, 1.54) is 38.9 Å². The fourth-order valence-corrected chi connectivity index (χ4v) is 7.94. The fourth-order valence-electron chi connectivity index (χ4n) is 7.94. The highest BCUT2D eigenvalue weighted by Gasteiger charge is 2.50. The van der Waals surface area contributed by atoms with E-state index in [0.717, 1.165) is 45.1 Å². The molecule has 3 heteroatoms. The van der Waals surface area contributed by atoms with Crippen LogP contribution in [0.5, 0.6) is 11.5 Å². The minimum absolute atomic E-state index is 0.461. The molecule has 2 aliphatic rings. The van der Waals surface area contributed by atoms with Gasteiger partial charge in [0, 0.05) is 27.8 Å². The Bertz CT molecular complexity index is 2450. The zero-order valence-electron chi connectivity index (χ0n) is 27.1. The first kappa shape index (κ1) is 28.4. The molecule has 0 saturated heterocycles. The van der Waals surface area contributed by atoms with E-state index in [9.17, 15) is 0 Å². The monoisotopic (exact) mass is 638 g/mol. The van der Waals surface area contributed by atoms with Gasteiger partial charge in [-0.25, -0.2) is 9.97 Å². The molecule has 10 rings (SSSR count). The third-order valence-electron chi connectivity index (χ3n) is 10.2. The molecule has 1 aliphatic carbocycles. The topological polar surface area (TPSA) is 35.0 Å². The average molecular weight is 639 g/mol. The first-order chi connectivity index (χ1) is 24.8. The van der Waals surface area contributed by atoms with E-state index in [-0.39, 0.29) is 0 Å². The largest absolute Gasteiger partial charge is 0.457 e. The second-order valence-electron chi connectivity index (χ2n) is 12.9. The van der Waals surface area contributed by atoms with Crippen molar-refractivity contribution in [2.24, 2.45) is 0 Å². The van der Waals surface area contributed by atoms with Crippen molar-refractivity contribution >= 4 is 0 Å². The third-order valence-corrected chi connectivity index (χ3v) is 10.2. The molecule has 8 aromatic rings. The van der Waals surface area contributed by atoms with Gasteiger partial charge in [0.1, 0.15) is 11.5 Å². The lowest BCUT2D eigenvalue weighted by molar-refractivity contribution is 0.436. The Kier molecular flexibility index (Phi) is 6.40. The van der Waals surface area contributed by atoms with E-state index in [1.807, 2.05) is 36.4 Å².